The summed E-state index contributed by atoms with van der Waals surface area (Å²) < 4.78 is 0. The van der Waals surface area contributed by atoms with Crippen LogP contribution in [0.3, 0.4) is 0 Å². The molecule has 0 spiro atoms. The number of carbonyl (C=O) groups excluding carboxylic acids is 3. The minimum atomic E-state index is -1.51. The van der Waals surface area contributed by atoms with Crippen molar-refractivity contribution < 1.29 is 29.4 Å². The first-order valence-electron chi connectivity index (χ1n) is 7.37. The van der Waals surface area contributed by atoms with Gasteiger partial charge in [-0.05, 0) is 5.56 Å². The molecule has 1 saturated heterocycles. The Bertz CT molecular complexity index is 754. The molecule has 0 saturated carbocycles. The van der Waals surface area contributed by atoms with E-state index in [1.165, 1.54) is 0 Å². The van der Waals surface area contributed by atoms with Crippen LogP contribution in [0.4, 0.5) is 0 Å². The van der Waals surface area contributed by atoms with Crippen LogP contribution in [0, 0.1) is 0 Å². The number of amides is 2. The summed E-state index contributed by atoms with van der Waals surface area (Å²) in [5.74, 6) is -3.22. The summed E-state index contributed by atoms with van der Waals surface area (Å²) in [7, 11) is 0. The lowest BCUT2D eigenvalue weighted by Crippen LogP contribution is -2.69. The van der Waals surface area contributed by atoms with E-state index in [-0.39, 0.29) is 11.8 Å². The molecule has 138 valence electrons. The van der Waals surface area contributed by atoms with Crippen molar-refractivity contribution in [2.45, 2.75) is 17.8 Å². The summed E-state index contributed by atoms with van der Waals surface area (Å²) in [4.78, 5) is 47.6. The Balaban J connectivity index is 2.15. The fourth-order valence-corrected chi connectivity index (χ4v) is 3.52. The van der Waals surface area contributed by atoms with Crippen LogP contribution in [0.5, 0.6) is 0 Å². The fourth-order valence-electron chi connectivity index (χ4n) is 2.47. The highest BCUT2D eigenvalue weighted by atomic mass is 79.9. The van der Waals surface area contributed by atoms with Gasteiger partial charge in [-0.1, -0.05) is 58.0 Å². The number of aliphatic carboxylic acids is 1. The molecular formula is C16H15BrN2O6S. The number of alkyl halides is 1. The van der Waals surface area contributed by atoms with Gasteiger partial charge in [-0.3, -0.25) is 19.3 Å². The predicted octanol–water partition coefficient (Wildman–Crippen LogP) is 1.05. The van der Waals surface area contributed by atoms with Crippen LogP contribution < -0.4 is 5.32 Å². The molecule has 1 aromatic carbocycles. The molecule has 1 heterocycles. The molecule has 2 atom stereocenters. The molecule has 3 N–H and O–H groups in total. The van der Waals surface area contributed by atoms with E-state index in [1.54, 1.807) is 24.3 Å². The number of thioether (sulfide) groups is 1. The molecule has 1 aromatic rings. The number of halogens is 1. The van der Waals surface area contributed by atoms with Crippen molar-refractivity contribution >= 4 is 51.1 Å². The molecule has 26 heavy (non-hydrogen) atoms. The van der Waals surface area contributed by atoms with Crippen molar-refractivity contribution in [2.24, 2.45) is 0 Å². The number of rotatable bonds is 8. The van der Waals surface area contributed by atoms with Crippen molar-refractivity contribution in [2.75, 3.05) is 5.33 Å². The van der Waals surface area contributed by atoms with Gasteiger partial charge >= 0.3 is 5.97 Å². The van der Waals surface area contributed by atoms with Crippen LogP contribution in [0.1, 0.15) is 5.56 Å². The van der Waals surface area contributed by atoms with E-state index in [0.29, 0.717) is 17.4 Å². The Morgan fingerprint density at radius 3 is 2.46 bits per heavy atom. The zero-order valence-corrected chi connectivity index (χ0v) is 15.7. The molecule has 8 nitrogen and oxygen atoms in total. The number of allylic oxidation sites excluding steroid dienone is 1. The average Bonchev–Trinajstić information content (AvgIpc) is 2.63. The van der Waals surface area contributed by atoms with Gasteiger partial charge in [0.2, 0.25) is 5.91 Å². The molecule has 0 bridgehead atoms. The number of β-lactam (4-membered cyclic amide) rings is 1. The van der Waals surface area contributed by atoms with E-state index in [0.717, 1.165) is 10.5 Å². The number of benzene rings is 1. The number of nitrogens with one attached hydrogen (secondary N) is 1. The number of likely N-dealkylation sites (tertiary alicyclic amines) is 1. The zero-order valence-electron chi connectivity index (χ0n) is 13.3. The summed E-state index contributed by atoms with van der Waals surface area (Å²) in [5, 5.41) is 20.4. The molecule has 0 aromatic heterocycles. The van der Waals surface area contributed by atoms with Gasteiger partial charge in [-0.25, -0.2) is 4.79 Å². The largest absolute Gasteiger partial charge is 0.509 e. The highest BCUT2D eigenvalue weighted by molar-refractivity contribution is 9.09. The van der Waals surface area contributed by atoms with Gasteiger partial charge in [0, 0.05) is 0 Å². The molecule has 10 heteroatoms. The maximum Gasteiger partial charge on any atom is 0.356 e. The van der Waals surface area contributed by atoms with E-state index in [1.807, 2.05) is 6.07 Å². The lowest BCUT2D eigenvalue weighted by molar-refractivity contribution is -0.150. The Morgan fingerprint density at radius 1 is 1.27 bits per heavy atom. The topological polar surface area (TPSA) is 124 Å². The van der Waals surface area contributed by atoms with E-state index in [4.69, 9.17) is 0 Å². The number of carboxylic acids is 1. The van der Waals surface area contributed by atoms with Gasteiger partial charge in [-0.15, -0.1) is 0 Å². The number of hydrogen-bond acceptors (Lipinski definition) is 6. The Morgan fingerprint density at radius 2 is 1.92 bits per heavy atom. The fraction of sp³-hybridized carbons (Fsp3) is 0.250. The summed E-state index contributed by atoms with van der Waals surface area (Å²) >= 11 is 3.57. The van der Waals surface area contributed by atoms with Gasteiger partial charge in [0.25, 0.3) is 5.91 Å². The van der Waals surface area contributed by atoms with E-state index in [9.17, 15) is 29.4 Å². The van der Waals surface area contributed by atoms with Crippen LogP contribution in [0.15, 0.2) is 41.8 Å². The number of aliphatic hydroxyl groups is 1. The highest BCUT2D eigenvalue weighted by Crippen LogP contribution is 2.34. The number of aliphatic hydroxyl groups excluding tert-OH is 1. The first-order chi connectivity index (χ1) is 12.4. The molecule has 2 unspecified atom stereocenters. The monoisotopic (exact) mass is 442 g/mol. The standard InChI is InChI=1S/C16H15BrN2O6S/c17-7-10(21)13(16(24)25)19-14(23)12(15(19)26-8-20)18-11(22)6-9-4-2-1-3-5-9/h1-5,8,12,15,21H,6-7H2,(H,18,22)(H,24,25). The maximum atomic E-state index is 12.4. The molecule has 0 aliphatic carbocycles. The van der Waals surface area contributed by atoms with E-state index < -0.39 is 40.7 Å². The van der Waals surface area contributed by atoms with Gasteiger partial charge < -0.3 is 15.5 Å². The second-order valence-electron chi connectivity index (χ2n) is 5.27. The molecular weight excluding hydrogens is 428 g/mol. The van der Waals surface area contributed by atoms with Crippen molar-refractivity contribution in [3.8, 4) is 0 Å². The molecule has 1 fully saturated rings. The van der Waals surface area contributed by atoms with Crippen LogP contribution in [-0.4, -0.2) is 55.3 Å². The van der Waals surface area contributed by atoms with Gasteiger partial charge in [0.1, 0.15) is 17.2 Å². The smallest absolute Gasteiger partial charge is 0.356 e. The summed E-state index contributed by atoms with van der Waals surface area (Å²) in [6, 6.07) is 7.81. The van der Waals surface area contributed by atoms with Crippen LogP contribution in [-0.2, 0) is 25.6 Å². The first-order valence-corrected chi connectivity index (χ1v) is 9.44. The third-order valence-corrected chi connectivity index (χ3v) is 5.01. The lowest BCUT2D eigenvalue weighted by Gasteiger charge is -2.45. The lowest BCUT2D eigenvalue weighted by atomic mass is 10.0. The minimum Gasteiger partial charge on any atom is -0.509 e. The normalized spacial score (nSPS) is 20.0. The summed E-state index contributed by atoms with van der Waals surface area (Å²) in [5.41, 5.74) is 0.571. The predicted molar refractivity (Wildman–Crippen MR) is 98.1 cm³/mol. The number of nitrogens with zero attached hydrogens (tertiary/aromatic N) is 1. The number of hydrogen-bond donors (Lipinski definition) is 3. The third-order valence-electron chi connectivity index (χ3n) is 3.61. The Kier molecular flexibility index (Phi) is 6.81. The Labute approximate surface area is 161 Å². The first kappa shape index (κ1) is 20.0. The van der Waals surface area contributed by atoms with Gasteiger partial charge in [0.15, 0.2) is 11.3 Å². The molecule has 2 amide bonds. The number of carbonyl (C=O) groups is 4. The van der Waals surface area contributed by atoms with Crippen molar-refractivity contribution in [3.05, 3.63) is 47.4 Å². The van der Waals surface area contributed by atoms with Gasteiger partial charge in [-0.2, -0.15) is 0 Å². The summed E-state index contributed by atoms with van der Waals surface area (Å²) in [6.07, 6.45) is 0.0391. The minimum absolute atomic E-state index is 0.0391. The van der Waals surface area contributed by atoms with E-state index >= 15 is 0 Å². The highest BCUT2D eigenvalue weighted by Gasteiger charge is 2.52. The molecule has 1 aliphatic heterocycles. The van der Waals surface area contributed by atoms with Crippen LogP contribution in [0.2, 0.25) is 0 Å². The quantitative estimate of drug-likeness (QED) is 0.180. The van der Waals surface area contributed by atoms with Crippen molar-refractivity contribution in [3.63, 3.8) is 0 Å². The third kappa shape index (κ3) is 4.25. The van der Waals surface area contributed by atoms with Crippen molar-refractivity contribution in [1.29, 1.82) is 0 Å². The molecule has 2 rings (SSSR count). The van der Waals surface area contributed by atoms with E-state index in [2.05, 4.69) is 21.2 Å². The SMILES string of the molecule is O=CSC1C(NC(=O)Cc2ccccc2)C(=O)N1C(C(=O)O)=C(O)CBr. The maximum absolute atomic E-state index is 12.4. The second-order valence-corrected chi connectivity index (χ2v) is 6.78. The summed E-state index contributed by atoms with van der Waals surface area (Å²) in [6.45, 7) is 0. The Hall–Kier alpha value is -2.33. The molecule has 1 aliphatic rings. The van der Waals surface area contributed by atoms with Crippen LogP contribution in [0.25, 0.3) is 0 Å². The zero-order chi connectivity index (χ0) is 19.3. The van der Waals surface area contributed by atoms with Crippen LogP contribution >= 0.6 is 27.7 Å². The average molecular weight is 443 g/mol. The molecule has 0 radical (unpaired) electrons. The number of carboxylic acid groups (broad SMARTS) is 1. The second kappa shape index (κ2) is 8.86. The van der Waals surface area contributed by atoms with Crippen molar-refractivity contribution in [1.82, 2.24) is 10.2 Å². The van der Waals surface area contributed by atoms with Gasteiger partial charge in [0.05, 0.1) is 11.8 Å².